The fourth-order valence-corrected chi connectivity index (χ4v) is 3.31. The number of aliphatic hydroxyl groups is 2. The third-order valence-electron chi connectivity index (χ3n) is 5.19. The van der Waals surface area contributed by atoms with E-state index in [0.29, 0.717) is 17.0 Å². The molecule has 7 heteroatoms. The second-order valence-corrected chi connectivity index (χ2v) is 7.62. The highest BCUT2D eigenvalue weighted by molar-refractivity contribution is 5.98. The number of amides is 1. The van der Waals surface area contributed by atoms with Gasteiger partial charge >= 0.3 is 0 Å². The lowest BCUT2D eigenvalue weighted by Crippen LogP contribution is -2.41. The van der Waals surface area contributed by atoms with E-state index in [1.165, 1.54) is 0 Å². The van der Waals surface area contributed by atoms with Gasteiger partial charge < -0.3 is 20.8 Å². The molecule has 1 heterocycles. The first-order chi connectivity index (χ1) is 13.0. The van der Waals surface area contributed by atoms with E-state index in [4.69, 9.17) is 0 Å². The second kappa shape index (κ2) is 8.63. The van der Waals surface area contributed by atoms with Gasteiger partial charge in [0.15, 0.2) is 0 Å². The van der Waals surface area contributed by atoms with Crippen LogP contribution in [0.15, 0.2) is 24.4 Å². The molecular formula is C20H28N4O3. The summed E-state index contributed by atoms with van der Waals surface area (Å²) in [6.45, 7) is 3.82. The number of carbonyl (C=O) groups is 1. The van der Waals surface area contributed by atoms with Crippen LogP contribution in [0.5, 0.6) is 0 Å². The van der Waals surface area contributed by atoms with Gasteiger partial charge in [-0.2, -0.15) is 0 Å². The Kier molecular flexibility index (Phi) is 6.23. The average molecular weight is 372 g/mol. The van der Waals surface area contributed by atoms with Crippen molar-refractivity contribution < 1.29 is 15.0 Å². The van der Waals surface area contributed by atoms with Crippen LogP contribution >= 0.6 is 0 Å². The standard InChI is InChI=1S/C20H28N4O3/c1-12(2)18(11-25)23-19(27)13-3-4-14-10-21-20(24-17(14)9-13)22-15-5-7-16(26)8-6-15/h3-4,9-10,12,15-16,18,25-26H,5-8,11H2,1-2H3,(H,23,27)(H,21,22,24)/t15-,16-,18-/m1/s1. The van der Waals surface area contributed by atoms with Crippen LogP contribution < -0.4 is 10.6 Å². The number of aromatic nitrogens is 2. The molecule has 7 nitrogen and oxygen atoms in total. The van der Waals surface area contributed by atoms with Crippen LogP contribution in [0.1, 0.15) is 49.9 Å². The summed E-state index contributed by atoms with van der Waals surface area (Å²) in [5.41, 5.74) is 1.20. The van der Waals surface area contributed by atoms with Crippen LogP contribution in [0.2, 0.25) is 0 Å². The predicted octanol–water partition coefficient (Wildman–Crippen LogP) is 2.09. The molecule has 1 aromatic heterocycles. The summed E-state index contributed by atoms with van der Waals surface area (Å²) < 4.78 is 0. The number of hydrogen-bond donors (Lipinski definition) is 4. The van der Waals surface area contributed by atoms with Gasteiger partial charge in [0, 0.05) is 23.2 Å². The van der Waals surface area contributed by atoms with Crippen molar-refractivity contribution in [3.8, 4) is 0 Å². The number of aliphatic hydroxyl groups excluding tert-OH is 2. The molecule has 1 aromatic carbocycles. The molecule has 1 saturated carbocycles. The van der Waals surface area contributed by atoms with Crippen LogP contribution in [0.25, 0.3) is 10.9 Å². The van der Waals surface area contributed by atoms with Crippen molar-refractivity contribution in [2.24, 2.45) is 5.92 Å². The SMILES string of the molecule is CC(C)[C@@H](CO)NC(=O)c1ccc2cnc(N[C@H]3CC[C@H](O)CC3)nc2c1. The number of nitrogens with one attached hydrogen (secondary N) is 2. The van der Waals surface area contributed by atoms with E-state index in [1.807, 2.05) is 19.9 Å². The topological polar surface area (TPSA) is 107 Å². The minimum Gasteiger partial charge on any atom is -0.394 e. The van der Waals surface area contributed by atoms with Crippen LogP contribution in [0.3, 0.4) is 0 Å². The van der Waals surface area contributed by atoms with Crippen molar-refractivity contribution >= 4 is 22.8 Å². The number of hydrogen-bond acceptors (Lipinski definition) is 6. The molecule has 2 aromatic rings. The van der Waals surface area contributed by atoms with Crippen LogP contribution in [-0.4, -0.2) is 50.9 Å². The molecule has 0 aliphatic heterocycles. The van der Waals surface area contributed by atoms with Crippen molar-refractivity contribution in [1.82, 2.24) is 15.3 Å². The molecule has 3 rings (SSSR count). The van der Waals surface area contributed by atoms with Gasteiger partial charge in [0.05, 0.1) is 24.3 Å². The monoisotopic (exact) mass is 372 g/mol. The Morgan fingerprint density at radius 1 is 1.26 bits per heavy atom. The van der Waals surface area contributed by atoms with E-state index >= 15 is 0 Å². The average Bonchev–Trinajstić information content (AvgIpc) is 2.67. The largest absolute Gasteiger partial charge is 0.394 e. The maximum Gasteiger partial charge on any atom is 0.251 e. The van der Waals surface area contributed by atoms with Gasteiger partial charge in [0.25, 0.3) is 5.91 Å². The van der Waals surface area contributed by atoms with Crippen molar-refractivity contribution in [2.75, 3.05) is 11.9 Å². The number of benzene rings is 1. The smallest absolute Gasteiger partial charge is 0.251 e. The Hall–Kier alpha value is -2.25. The molecule has 4 N–H and O–H groups in total. The zero-order valence-electron chi connectivity index (χ0n) is 15.9. The molecule has 0 saturated heterocycles. The zero-order valence-corrected chi connectivity index (χ0v) is 15.9. The third kappa shape index (κ3) is 4.93. The van der Waals surface area contributed by atoms with Crippen molar-refractivity contribution in [1.29, 1.82) is 0 Å². The first-order valence-electron chi connectivity index (χ1n) is 9.59. The number of fused-ring (bicyclic) bond motifs is 1. The van der Waals surface area contributed by atoms with Gasteiger partial charge in [0.1, 0.15) is 0 Å². The summed E-state index contributed by atoms with van der Waals surface area (Å²) >= 11 is 0. The van der Waals surface area contributed by atoms with E-state index in [9.17, 15) is 15.0 Å². The Morgan fingerprint density at radius 2 is 2.00 bits per heavy atom. The Bertz CT molecular complexity index is 788. The van der Waals surface area contributed by atoms with E-state index in [1.54, 1.807) is 18.3 Å². The van der Waals surface area contributed by atoms with Crippen molar-refractivity contribution in [3.05, 3.63) is 30.0 Å². The molecular weight excluding hydrogens is 344 g/mol. The molecule has 146 valence electrons. The van der Waals surface area contributed by atoms with E-state index < -0.39 is 0 Å². The van der Waals surface area contributed by atoms with Gasteiger partial charge in [-0.1, -0.05) is 19.9 Å². The second-order valence-electron chi connectivity index (χ2n) is 7.62. The number of anilines is 1. The Balaban J connectivity index is 1.74. The van der Waals surface area contributed by atoms with Crippen LogP contribution in [0.4, 0.5) is 5.95 Å². The van der Waals surface area contributed by atoms with Crippen molar-refractivity contribution in [2.45, 2.75) is 57.7 Å². The van der Waals surface area contributed by atoms with E-state index in [-0.39, 0.29) is 36.6 Å². The molecule has 1 atom stereocenters. The Labute approximate surface area is 159 Å². The lowest BCUT2D eigenvalue weighted by molar-refractivity contribution is 0.0897. The lowest BCUT2D eigenvalue weighted by Gasteiger charge is -2.26. The summed E-state index contributed by atoms with van der Waals surface area (Å²) in [5.74, 6) is 0.461. The lowest BCUT2D eigenvalue weighted by atomic mass is 9.93. The molecule has 1 aliphatic carbocycles. The predicted molar refractivity (Wildman–Crippen MR) is 105 cm³/mol. The first kappa shape index (κ1) is 19.5. The molecule has 1 aliphatic rings. The van der Waals surface area contributed by atoms with Gasteiger partial charge in [-0.3, -0.25) is 4.79 Å². The Morgan fingerprint density at radius 3 is 2.67 bits per heavy atom. The highest BCUT2D eigenvalue weighted by Gasteiger charge is 2.20. The molecule has 1 amide bonds. The number of nitrogens with zero attached hydrogens (tertiary/aromatic N) is 2. The minimum absolute atomic E-state index is 0.0939. The maximum absolute atomic E-state index is 12.5. The normalized spacial score (nSPS) is 21.2. The molecule has 27 heavy (non-hydrogen) atoms. The maximum atomic E-state index is 12.5. The quantitative estimate of drug-likeness (QED) is 0.618. The summed E-state index contributed by atoms with van der Waals surface area (Å²) in [4.78, 5) is 21.4. The van der Waals surface area contributed by atoms with Gasteiger partial charge in [0.2, 0.25) is 5.95 Å². The first-order valence-corrected chi connectivity index (χ1v) is 9.59. The molecule has 0 bridgehead atoms. The molecule has 0 spiro atoms. The number of rotatable bonds is 6. The summed E-state index contributed by atoms with van der Waals surface area (Å²) in [7, 11) is 0. The van der Waals surface area contributed by atoms with E-state index in [2.05, 4.69) is 20.6 Å². The van der Waals surface area contributed by atoms with Gasteiger partial charge in [-0.15, -0.1) is 0 Å². The molecule has 0 radical (unpaired) electrons. The molecule has 1 fully saturated rings. The highest BCUT2D eigenvalue weighted by atomic mass is 16.3. The van der Waals surface area contributed by atoms with Crippen molar-refractivity contribution in [3.63, 3.8) is 0 Å². The van der Waals surface area contributed by atoms with Crippen LogP contribution in [-0.2, 0) is 0 Å². The third-order valence-corrected chi connectivity index (χ3v) is 5.19. The fourth-order valence-electron chi connectivity index (χ4n) is 3.31. The molecule has 0 unspecified atom stereocenters. The summed E-state index contributed by atoms with van der Waals surface area (Å²) in [6.07, 6.45) is 4.91. The minimum atomic E-state index is -0.280. The highest BCUT2D eigenvalue weighted by Crippen LogP contribution is 2.22. The summed E-state index contributed by atoms with van der Waals surface area (Å²) in [5, 5.41) is 26.1. The van der Waals surface area contributed by atoms with E-state index in [0.717, 1.165) is 31.1 Å². The zero-order chi connectivity index (χ0) is 19.4. The number of carbonyl (C=O) groups excluding carboxylic acids is 1. The van der Waals surface area contributed by atoms with Gasteiger partial charge in [-0.25, -0.2) is 9.97 Å². The summed E-state index contributed by atoms with van der Waals surface area (Å²) in [6, 6.07) is 5.29. The van der Waals surface area contributed by atoms with Gasteiger partial charge in [-0.05, 0) is 43.7 Å². The van der Waals surface area contributed by atoms with Crippen LogP contribution in [0, 0.1) is 5.92 Å². The fraction of sp³-hybridized carbons (Fsp3) is 0.550.